The predicted molar refractivity (Wildman–Crippen MR) is 161 cm³/mol. The lowest BCUT2D eigenvalue weighted by molar-refractivity contribution is -0.138. The number of benzene rings is 1. The highest BCUT2D eigenvalue weighted by atomic mass is 16.5. The Balaban J connectivity index is 1.11. The van der Waals surface area contributed by atoms with Crippen LogP contribution in [-0.4, -0.2) is 84.9 Å². The molecule has 9 nitrogen and oxygen atoms in total. The standard InChI is InChI=1S/C32H45N5O4/c1-22-19-37(20-23(2)41-22)28-11-3-7-25(17-28)29(32(39)40)18-34-31(38)26-9-5-15-36(21-26)16-6-10-27-13-12-24-8-4-14-33-30(24)35-27/h3,7,11-13,17,22-23,26,29H,4-6,8-10,14-16,18-21H2,1-2H3,(H,33,35)(H,34,38)(H,39,40)/t22-,23+,26-,29+/m1/s1. The Kier molecular flexibility index (Phi) is 9.77. The summed E-state index contributed by atoms with van der Waals surface area (Å²) >= 11 is 0. The summed E-state index contributed by atoms with van der Waals surface area (Å²) in [4.78, 5) is 34.8. The number of amides is 1. The van der Waals surface area contributed by atoms with Crippen molar-refractivity contribution in [2.75, 3.05) is 56.0 Å². The van der Waals surface area contributed by atoms with Gasteiger partial charge in [0.05, 0.1) is 24.0 Å². The summed E-state index contributed by atoms with van der Waals surface area (Å²) in [6.07, 6.45) is 6.22. The number of aryl methyl sites for hydroxylation is 2. The first-order valence-electron chi connectivity index (χ1n) is 15.3. The summed E-state index contributed by atoms with van der Waals surface area (Å²) < 4.78 is 5.85. The lowest BCUT2D eigenvalue weighted by Gasteiger charge is -2.37. The zero-order valence-corrected chi connectivity index (χ0v) is 24.5. The number of aromatic nitrogens is 1. The minimum absolute atomic E-state index is 0.0460. The second kappa shape index (κ2) is 13.7. The highest BCUT2D eigenvalue weighted by Gasteiger charge is 2.29. The van der Waals surface area contributed by atoms with Gasteiger partial charge < -0.3 is 30.3 Å². The average molecular weight is 564 g/mol. The molecule has 0 radical (unpaired) electrons. The lowest BCUT2D eigenvalue weighted by atomic mass is 9.95. The summed E-state index contributed by atoms with van der Waals surface area (Å²) in [6, 6.07) is 12.1. The summed E-state index contributed by atoms with van der Waals surface area (Å²) in [5.74, 6) is -0.849. The number of morpholine rings is 1. The molecule has 1 aromatic carbocycles. The average Bonchev–Trinajstić information content (AvgIpc) is 2.97. The topological polar surface area (TPSA) is 107 Å². The Morgan fingerprint density at radius 2 is 1.98 bits per heavy atom. The van der Waals surface area contributed by atoms with Gasteiger partial charge in [0, 0.05) is 44.1 Å². The molecule has 0 unspecified atom stereocenters. The number of carboxylic acid groups (broad SMARTS) is 1. The number of carbonyl (C=O) groups is 2. The van der Waals surface area contributed by atoms with Crippen molar-refractivity contribution in [3.8, 4) is 0 Å². The minimum Gasteiger partial charge on any atom is -0.481 e. The second-order valence-electron chi connectivity index (χ2n) is 12.0. The zero-order chi connectivity index (χ0) is 28.8. The lowest BCUT2D eigenvalue weighted by Crippen LogP contribution is -2.45. The molecule has 1 aromatic heterocycles. The molecule has 0 saturated carbocycles. The van der Waals surface area contributed by atoms with Gasteiger partial charge in [-0.1, -0.05) is 18.2 Å². The highest BCUT2D eigenvalue weighted by Crippen LogP contribution is 2.26. The van der Waals surface area contributed by atoms with Crippen molar-refractivity contribution in [1.29, 1.82) is 0 Å². The molecule has 9 heteroatoms. The second-order valence-corrected chi connectivity index (χ2v) is 12.0. The van der Waals surface area contributed by atoms with Crippen LogP contribution in [0.15, 0.2) is 36.4 Å². The number of aliphatic carboxylic acids is 1. The fourth-order valence-electron chi connectivity index (χ4n) is 6.49. The quantitative estimate of drug-likeness (QED) is 0.402. The number of nitrogens with zero attached hydrogens (tertiary/aromatic N) is 3. The van der Waals surface area contributed by atoms with E-state index in [9.17, 15) is 14.7 Å². The first kappa shape index (κ1) is 29.3. The molecule has 2 saturated heterocycles. The van der Waals surface area contributed by atoms with E-state index in [2.05, 4.69) is 46.4 Å². The molecule has 1 amide bonds. The molecule has 222 valence electrons. The maximum absolute atomic E-state index is 13.2. The first-order valence-corrected chi connectivity index (χ1v) is 15.3. The molecule has 3 aliphatic rings. The van der Waals surface area contributed by atoms with Crippen molar-refractivity contribution in [2.24, 2.45) is 5.92 Å². The monoisotopic (exact) mass is 563 g/mol. The third kappa shape index (κ3) is 7.77. The predicted octanol–water partition coefficient (Wildman–Crippen LogP) is 3.68. The van der Waals surface area contributed by atoms with Gasteiger partial charge in [-0.05, 0) is 94.8 Å². The maximum atomic E-state index is 13.2. The van der Waals surface area contributed by atoms with Gasteiger partial charge in [-0.25, -0.2) is 4.98 Å². The Morgan fingerprint density at radius 1 is 1.15 bits per heavy atom. The van der Waals surface area contributed by atoms with E-state index in [1.165, 1.54) is 5.56 Å². The minimum atomic E-state index is -0.928. The van der Waals surface area contributed by atoms with Gasteiger partial charge in [-0.3, -0.25) is 9.59 Å². The van der Waals surface area contributed by atoms with Crippen molar-refractivity contribution < 1.29 is 19.4 Å². The summed E-state index contributed by atoms with van der Waals surface area (Å²) in [5, 5.41) is 16.4. The van der Waals surface area contributed by atoms with Gasteiger partial charge in [0.1, 0.15) is 5.82 Å². The van der Waals surface area contributed by atoms with Crippen LogP contribution < -0.4 is 15.5 Å². The van der Waals surface area contributed by atoms with E-state index in [-0.39, 0.29) is 30.6 Å². The number of carboxylic acids is 1. The number of pyridine rings is 1. The largest absolute Gasteiger partial charge is 0.481 e. The number of fused-ring (bicyclic) bond motifs is 1. The molecule has 3 aliphatic heterocycles. The van der Waals surface area contributed by atoms with Crippen LogP contribution >= 0.6 is 0 Å². The van der Waals surface area contributed by atoms with E-state index in [0.717, 1.165) is 88.4 Å². The van der Waals surface area contributed by atoms with E-state index in [0.29, 0.717) is 12.1 Å². The van der Waals surface area contributed by atoms with Gasteiger partial charge in [0.15, 0.2) is 0 Å². The fraction of sp³-hybridized carbons (Fsp3) is 0.594. The van der Waals surface area contributed by atoms with Crippen molar-refractivity contribution in [3.05, 3.63) is 53.2 Å². The highest BCUT2D eigenvalue weighted by molar-refractivity contribution is 5.81. The molecule has 0 spiro atoms. The molecule has 4 atom stereocenters. The van der Waals surface area contributed by atoms with Crippen LogP contribution in [0.4, 0.5) is 11.5 Å². The van der Waals surface area contributed by atoms with E-state index in [1.54, 1.807) is 0 Å². The molecule has 41 heavy (non-hydrogen) atoms. The van der Waals surface area contributed by atoms with Gasteiger partial charge in [0.25, 0.3) is 0 Å². The van der Waals surface area contributed by atoms with Gasteiger partial charge in [-0.15, -0.1) is 0 Å². The smallest absolute Gasteiger partial charge is 0.312 e. The third-order valence-corrected chi connectivity index (χ3v) is 8.57. The third-order valence-electron chi connectivity index (χ3n) is 8.57. The number of hydrogen-bond donors (Lipinski definition) is 3. The number of rotatable bonds is 10. The van der Waals surface area contributed by atoms with Crippen LogP contribution in [0.1, 0.15) is 62.3 Å². The van der Waals surface area contributed by atoms with Crippen molar-refractivity contribution in [3.63, 3.8) is 0 Å². The normalized spacial score (nSPS) is 23.8. The molecule has 2 aromatic rings. The van der Waals surface area contributed by atoms with E-state index in [4.69, 9.17) is 9.72 Å². The van der Waals surface area contributed by atoms with Crippen molar-refractivity contribution in [1.82, 2.24) is 15.2 Å². The number of ether oxygens (including phenoxy) is 1. The molecule has 2 fully saturated rings. The molecule has 0 aliphatic carbocycles. The Labute approximate surface area is 243 Å². The Morgan fingerprint density at radius 3 is 2.78 bits per heavy atom. The molecule has 0 bridgehead atoms. The Bertz CT molecular complexity index is 1200. The van der Waals surface area contributed by atoms with Crippen LogP contribution in [0.2, 0.25) is 0 Å². The number of carbonyl (C=O) groups excluding carboxylic acids is 1. The van der Waals surface area contributed by atoms with Gasteiger partial charge in [-0.2, -0.15) is 0 Å². The zero-order valence-electron chi connectivity index (χ0n) is 24.5. The molecule has 4 heterocycles. The summed E-state index contributed by atoms with van der Waals surface area (Å²) in [7, 11) is 0. The van der Waals surface area contributed by atoms with Gasteiger partial charge >= 0.3 is 5.97 Å². The molecular weight excluding hydrogens is 518 g/mol. The number of hydrogen-bond acceptors (Lipinski definition) is 7. The van der Waals surface area contributed by atoms with Crippen LogP contribution in [0.25, 0.3) is 0 Å². The molecule has 5 rings (SSSR count). The first-order chi connectivity index (χ1) is 19.9. The number of piperidine rings is 1. The van der Waals surface area contributed by atoms with Crippen LogP contribution in [-0.2, 0) is 27.2 Å². The van der Waals surface area contributed by atoms with Crippen molar-refractivity contribution in [2.45, 2.75) is 70.5 Å². The summed E-state index contributed by atoms with van der Waals surface area (Å²) in [5.41, 5.74) is 4.13. The van der Waals surface area contributed by atoms with Crippen LogP contribution in [0.3, 0.4) is 0 Å². The van der Waals surface area contributed by atoms with E-state index < -0.39 is 11.9 Å². The maximum Gasteiger partial charge on any atom is 0.312 e. The van der Waals surface area contributed by atoms with E-state index in [1.807, 2.05) is 24.3 Å². The fourth-order valence-corrected chi connectivity index (χ4v) is 6.49. The van der Waals surface area contributed by atoms with E-state index >= 15 is 0 Å². The number of nitrogens with one attached hydrogen (secondary N) is 2. The SMILES string of the molecule is C[C@@H]1CN(c2cccc([C@H](CNC(=O)[C@@H]3CCCN(CCCc4ccc5c(n4)NCCC5)C3)C(=O)O)c2)C[C@H](C)O1. The van der Waals surface area contributed by atoms with Crippen molar-refractivity contribution >= 4 is 23.4 Å². The summed E-state index contributed by atoms with van der Waals surface area (Å²) in [6.45, 7) is 9.35. The van der Waals surface area contributed by atoms with Gasteiger partial charge in [0.2, 0.25) is 5.91 Å². The number of likely N-dealkylation sites (tertiary alicyclic amines) is 1. The molecule has 3 N–H and O–H groups in total. The van der Waals surface area contributed by atoms with Crippen LogP contribution in [0, 0.1) is 5.92 Å². The number of anilines is 2. The van der Waals surface area contributed by atoms with Crippen LogP contribution in [0.5, 0.6) is 0 Å². The Hall–Kier alpha value is -3.17. The molecular formula is C32H45N5O4.